The first-order valence-electron chi connectivity index (χ1n) is 9.88. The minimum absolute atomic E-state index is 0.145. The van der Waals surface area contributed by atoms with Crippen molar-refractivity contribution in [1.82, 2.24) is 4.57 Å². The number of carbonyl (C=O) groups is 3. The van der Waals surface area contributed by atoms with E-state index in [2.05, 4.69) is 18.4 Å². The molecule has 1 heterocycles. The lowest BCUT2D eigenvalue weighted by Crippen LogP contribution is -2.17. The van der Waals surface area contributed by atoms with Crippen molar-refractivity contribution in [1.29, 1.82) is 0 Å². The van der Waals surface area contributed by atoms with Gasteiger partial charge in [0.05, 0.1) is 5.56 Å². The third kappa shape index (κ3) is 4.25. The van der Waals surface area contributed by atoms with E-state index in [-0.39, 0.29) is 35.3 Å². The van der Waals surface area contributed by atoms with Gasteiger partial charge in [0.15, 0.2) is 12.4 Å². The van der Waals surface area contributed by atoms with Crippen molar-refractivity contribution in [2.75, 3.05) is 6.61 Å². The molecule has 0 fully saturated rings. The van der Waals surface area contributed by atoms with E-state index in [9.17, 15) is 14.4 Å². The van der Waals surface area contributed by atoms with Gasteiger partial charge in [-0.1, -0.05) is 48.5 Å². The van der Waals surface area contributed by atoms with Gasteiger partial charge < -0.3 is 9.30 Å². The Morgan fingerprint density at radius 2 is 1.47 bits per heavy atom. The molecular weight excluding hydrogens is 378 g/mol. The smallest absolute Gasteiger partial charge is 0.339 e. The summed E-state index contributed by atoms with van der Waals surface area (Å²) < 4.78 is 7.36. The number of ketones is 2. The molecule has 0 aliphatic rings. The zero-order chi connectivity index (χ0) is 21.8. The quantitative estimate of drug-likeness (QED) is 0.413. The lowest BCUT2D eigenvalue weighted by Gasteiger charge is -2.13. The Balaban J connectivity index is 1.77. The van der Waals surface area contributed by atoms with Crippen molar-refractivity contribution >= 4 is 17.5 Å². The highest BCUT2D eigenvalue weighted by molar-refractivity contribution is 6.14. The molecule has 0 bridgehead atoms. The predicted octanol–water partition coefficient (Wildman–Crippen LogP) is 4.96. The van der Waals surface area contributed by atoms with Crippen LogP contribution in [-0.2, 0) is 4.74 Å². The summed E-state index contributed by atoms with van der Waals surface area (Å²) in [5, 5.41) is 0. The molecule has 0 spiro atoms. The Hall–Kier alpha value is -3.47. The predicted molar refractivity (Wildman–Crippen MR) is 115 cm³/mol. The number of esters is 1. The van der Waals surface area contributed by atoms with Crippen LogP contribution in [0.2, 0.25) is 0 Å². The largest absolute Gasteiger partial charge is 0.454 e. The molecule has 5 heteroatoms. The van der Waals surface area contributed by atoms with Crippen LogP contribution in [0.15, 0.2) is 60.7 Å². The number of benzene rings is 2. The molecule has 0 radical (unpaired) electrons. The van der Waals surface area contributed by atoms with E-state index in [0.717, 1.165) is 11.4 Å². The van der Waals surface area contributed by atoms with E-state index in [1.54, 1.807) is 42.5 Å². The van der Waals surface area contributed by atoms with Gasteiger partial charge in [0, 0.05) is 34.1 Å². The highest BCUT2D eigenvalue weighted by Gasteiger charge is 2.22. The summed E-state index contributed by atoms with van der Waals surface area (Å²) in [6.45, 7) is 7.55. The van der Waals surface area contributed by atoms with Gasteiger partial charge in [-0.25, -0.2) is 4.79 Å². The molecule has 0 saturated carbocycles. The molecule has 0 N–H and O–H groups in total. The standard InChI is InChI=1S/C25H25NO4/c1-16(2)26-17(3)14-22(18(26)4)23(27)15-30-25(29)21-13-9-8-12-20(21)24(28)19-10-6-5-7-11-19/h5-14,16H,15H2,1-4H3. The number of rotatable bonds is 7. The zero-order valence-electron chi connectivity index (χ0n) is 17.6. The summed E-state index contributed by atoms with van der Waals surface area (Å²) in [5.74, 6) is -1.23. The summed E-state index contributed by atoms with van der Waals surface area (Å²) >= 11 is 0. The van der Waals surface area contributed by atoms with Crippen LogP contribution in [0.5, 0.6) is 0 Å². The topological polar surface area (TPSA) is 65.4 Å². The number of ether oxygens (including phenoxy) is 1. The van der Waals surface area contributed by atoms with E-state index in [1.165, 1.54) is 6.07 Å². The fourth-order valence-electron chi connectivity index (χ4n) is 3.74. The van der Waals surface area contributed by atoms with Crippen LogP contribution < -0.4 is 0 Å². The molecule has 5 nitrogen and oxygen atoms in total. The Morgan fingerprint density at radius 3 is 2.07 bits per heavy atom. The summed E-state index contributed by atoms with van der Waals surface area (Å²) in [6, 6.07) is 17.3. The number of Topliss-reactive ketones (excluding diaryl/α,β-unsaturated/α-hetero) is 1. The van der Waals surface area contributed by atoms with Gasteiger partial charge in [-0.3, -0.25) is 9.59 Å². The summed E-state index contributed by atoms with van der Waals surface area (Å²) in [5.41, 5.74) is 3.25. The number of aromatic nitrogens is 1. The summed E-state index contributed by atoms with van der Waals surface area (Å²) in [7, 11) is 0. The minimum atomic E-state index is -0.694. The van der Waals surface area contributed by atoms with Crippen LogP contribution in [0.4, 0.5) is 0 Å². The van der Waals surface area contributed by atoms with Gasteiger partial charge in [0.25, 0.3) is 0 Å². The molecule has 30 heavy (non-hydrogen) atoms. The second-order valence-electron chi connectivity index (χ2n) is 7.49. The lowest BCUT2D eigenvalue weighted by atomic mass is 9.98. The van der Waals surface area contributed by atoms with Crippen molar-refractivity contribution < 1.29 is 19.1 Å². The molecule has 3 rings (SSSR count). The van der Waals surface area contributed by atoms with Crippen LogP contribution in [0.25, 0.3) is 0 Å². The van der Waals surface area contributed by atoms with Crippen molar-refractivity contribution in [3.05, 3.63) is 94.3 Å². The Morgan fingerprint density at radius 1 is 0.867 bits per heavy atom. The fraction of sp³-hybridized carbons (Fsp3) is 0.240. The number of hydrogen-bond donors (Lipinski definition) is 0. The highest BCUT2D eigenvalue weighted by atomic mass is 16.5. The zero-order valence-corrected chi connectivity index (χ0v) is 17.6. The molecule has 154 valence electrons. The average Bonchev–Trinajstić information content (AvgIpc) is 3.06. The first-order chi connectivity index (χ1) is 14.3. The monoisotopic (exact) mass is 403 g/mol. The molecule has 0 unspecified atom stereocenters. The summed E-state index contributed by atoms with van der Waals surface area (Å²) in [4.78, 5) is 38.1. The third-order valence-corrected chi connectivity index (χ3v) is 5.06. The van der Waals surface area contributed by atoms with E-state index >= 15 is 0 Å². The maximum atomic E-state index is 12.8. The van der Waals surface area contributed by atoms with Crippen LogP contribution in [-0.4, -0.2) is 28.7 Å². The van der Waals surface area contributed by atoms with Crippen molar-refractivity contribution in [3.8, 4) is 0 Å². The van der Waals surface area contributed by atoms with Gasteiger partial charge in [0.1, 0.15) is 0 Å². The fourth-order valence-corrected chi connectivity index (χ4v) is 3.74. The Kier molecular flexibility index (Phi) is 6.31. The SMILES string of the molecule is Cc1cc(C(=O)COC(=O)c2ccccc2C(=O)c2ccccc2)c(C)n1C(C)C. The highest BCUT2D eigenvalue weighted by Crippen LogP contribution is 2.21. The van der Waals surface area contributed by atoms with E-state index in [4.69, 9.17) is 4.74 Å². The maximum Gasteiger partial charge on any atom is 0.339 e. The molecular formula is C25H25NO4. The molecule has 0 amide bonds. The van der Waals surface area contributed by atoms with Gasteiger partial charge >= 0.3 is 5.97 Å². The first kappa shape index (κ1) is 21.2. The average molecular weight is 403 g/mol. The lowest BCUT2D eigenvalue weighted by molar-refractivity contribution is 0.0472. The number of aryl methyl sites for hydroxylation is 1. The number of hydrogen-bond acceptors (Lipinski definition) is 4. The van der Waals surface area contributed by atoms with Crippen LogP contribution >= 0.6 is 0 Å². The number of nitrogens with zero attached hydrogens (tertiary/aromatic N) is 1. The van der Waals surface area contributed by atoms with Crippen LogP contribution in [0, 0.1) is 13.8 Å². The second kappa shape index (κ2) is 8.91. The van der Waals surface area contributed by atoms with E-state index in [1.807, 2.05) is 26.0 Å². The molecule has 0 saturated heterocycles. The van der Waals surface area contributed by atoms with Gasteiger partial charge in [-0.2, -0.15) is 0 Å². The van der Waals surface area contributed by atoms with E-state index < -0.39 is 5.97 Å². The van der Waals surface area contributed by atoms with Crippen LogP contribution in [0.1, 0.15) is 67.9 Å². The second-order valence-corrected chi connectivity index (χ2v) is 7.49. The Bertz CT molecular complexity index is 1090. The Labute approximate surface area is 176 Å². The first-order valence-corrected chi connectivity index (χ1v) is 9.88. The molecule has 0 aliphatic heterocycles. The molecule has 1 aromatic heterocycles. The number of carbonyl (C=O) groups excluding carboxylic acids is 3. The summed E-state index contributed by atoms with van der Waals surface area (Å²) in [6.07, 6.45) is 0. The molecule has 0 atom stereocenters. The van der Waals surface area contributed by atoms with Crippen molar-refractivity contribution in [3.63, 3.8) is 0 Å². The molecule has 0 aliphatic carbocycles. The molecule has 2 aromatic carbocycles. The van der Waals surface area contributed by atoms with E-state index in [0.29, 0.717) is 11.1 Å². The van der Waals surface area contributed by atoms with Crippen LogP contribution in [0.3, 0.4) is 0 Å². The molecule has 3 aromatic rings. The normalized spacial score (nSPS) is 10.8. The van der Waals surface area contributed by atoms with Gasteiger partial charge in [0.2, 0.25) is 5.78 Å². The third-order valence-electron chi connectivity index (χ3n) is 5.06. The maximum absolute atomic E-state index is 12.8. The van der Waals surface area contributed by atoms with Gasteiger partial charge in [-0.15, -0.1) is 0 Å². The van der Waals surface area contributed by atoms with Crippen molar-refractivity contribution in [2.24, 2.45) is 0 Å². The van der Waals surface area contributed by atoms with Gasteiger partial charge in [-0.05, 0) is 39.8 Å². The van der Waals surface area contributed by atoms with Crippen molar-refractivity contribution in [2.45, 2.75) is 33.7 Å². The minimum Gasteiger partial charge on any atom is -0.454 e.